The van der Waals surface area contributed by atoms with E-state index in [1.54, 1.807) is 19.1 Å². The molecule has 0 saturated carbocycles. The number of nitrogens with one attached hydrogen (secondary N) is 1. The number of carbonyl (C=O) groups is 1. The molecule has 0 radical (unpaired) electrons. The van der Waals surface area contributed by atoms with Crippen molar-refractivity contribution in [1.29, 1.82) is 0 Å². The lowest BCUT2D eigenvalue weighted by atomic mass is 10.2. The highest BCUT2D eigenvalue weighted by Gasteiger charge is 2.18. The minimum absolute atomic E-state index is 0.0344. The summed E-state index contributed by atoms with van der Waals surface area (Å²) in [5, 5.41) is 19.2. The first-order valence-electron chi connectivity index (χ1n) is 8.60. The van der Waals surface area contributed by atoms with E-state index in [1.165, 1.54) is 16.8 Å². The predicted molar refractivity (Wildman–Crippen MR) is 110 cm³/mol. The number of rotatable bonds is 4. The molecular weight excluding hydrogens is 394 g/mol. The zero-order chi connectivity index (χ0) is 20.5. The summed E-state index contributed by atoms with van der Waals surface area (Å²) in [6.07, 6.45) is 0. The van der Waals surface area contributed by atoms with E-state index in [-0.39, 0.29) is 16.3 Å². The Labute approximate surface area is 169 Å². The van der Waals surface area contributed by atoms with Gasteiger partial charge in [-0.15, -0.1) is 0 Å². The van der Waals surface area contributed by atoms with Gasteiger partial charge in [-0.1, -0.05) is 29.8 Å². The molecular formula is C20H14ClN5O3. The first kappa shape index (κ1) is 18.6. The van der Waals surface area contributed by atoms with Crippen LogP contribution < -0.4 is 5.32 Å². The van der Waals surface area contributed by atoms with Crippen LogP contribution in [0.4, 0.5) is 11.5 Å². The number of pyridine rings is 1. The van der Waals surface area contributed by atoms with Crippen LogP contribution in [0.15, 0.2) is 60.7 Å². The van der Waals surface area contributed by atoms with Crippen molar-refractivity contribution < 1.29 is 9.72 Å². The van der Waals surface area contributed by atoms with Gasteiger partial charge in [0.1, 0.15) is 10.8 Å². The van der Waals surface area contributed by atoms with E-state index in [9.17, 15) is 14.9 Å². The van der Waals surface area contributed by atoms with Crippen LogP contribution in [0.3, 0.4) is 0 Å². The van der Waals surface area contributed by atoms with Crippen molar-refractivity contribution in [3.8, 4) is 5.82 Å². The Kier molecular flexibility index (Phi) is 4.69. The van der Waals surface area contributed by atoms with Gasteiger partial charge in [0.15, 0.2) is 5.82 Å². The molecule has 0 aliphatic heterocycles. The number of halogens is 1. The van der Waals surface area contributed by atoms with Gasteiger partial charge in [0.2, 0.25) is 0 Å². The van der Waals surface area contributed by atoms with Gasteiger partial charge >= 0.3 is 0 Å². The molecule has 0 spiro atoms. The molecule has 4 aromatic rings. The molecule has 2 aromatic heterocycles. The van der Waals surface area contributed by atoms with Crippen molar-refractivity contribution in [1.82, 2.24) is 14.8 Å². The van der Waals surface area contributed by atoms with E-state index in [1.807, 2.05) is 30.3 Å². The summed E-state index contributed by atoms with van der Waals surface area (Å²) >= 11 is 5.82. The smallest absolute Gasteiger partial charge is 0.288 e. The highest BCUT2D eigenvalue weighted by molar-refractivity contribution is 6.32. The van der Waals surface area contributed by atoms with Gasteiger partial charge in [-0.2, -0.15) is 9.78 Å². The number of anilines is 1. The maximum absolute atomic E-state index is 12.7. The molecule has 29 heavy (non-hydrogen) atoms. The molecule has 0 saturated heterocycles. The number of nitrogens with zero attached hydrogens (tertiary/aromatic N) is 4. The fourth-order valence-electron chi connectivity index (χ4n) is 2.92. The average Bonchev–Trinajstić information content (AvgIpc) is 3.07. The third-order valence-corrected chi connectivity index (χ3v) is 4.60. The molecule has 0 atom stereocenters. The zero-order valence-electron chi connectivity index (χ0n) is 15.2. The quantitative estimate of drug-likeness (QED) is 0.395. The van der Waals surface area contributed by atoms with Crippen LogP contribution in [-0.4, -0.2) is 25.6 Å². The van der Waals surface area contributed by atoms with E-state index in [4.69, 9.17) is 11.6 Å². The average molecular weight is 408 g/mol. The Morgan fingerprint density at radius 2 is 1.93 bits per heavy atom. The number of hydrogen-bond donors (Lipinski definition) is 1. The minimum Gasteiger partial charge on any atom is -0.306 e. The lowest BCUT2D eigenvalue weighted by Crippen LogP contribution is -2.15. The molecule has 0 fully saturated rings. The second-order valence-corrected chi connectivity index (χ2v) is 6.73. The number of aryl methyl sites for hydroxylation is 1. The van der Waals surface area contributed by atoms with Crippen LogP contribution in [0.2, 0.25) is 5.02 Å². The number of aromatic nitrogens is 3. The summed E-state index contributed by atoms with van der Waals surface area (Å²) in [6.45, 7) is 1.79. The zero-order valence-corrected chi connectivity index (χ0v) is 15.9. The lowest BCUT2D eigenvalue weighted by molar-refractivity contribution is -0.384. The van der Waals surface area contributed by atoms with Gasteiger partial charge in [0, 0.05) is 23.1 Å². The van der Waals surface area contributed by atoms with Crippen molar-refractivity contribution >= 4 is 39.9 Å². The van der Waals surface area contributed by atoms with Crippen LogP contribution in [-0.2, 0) is 0 Å². The van der Waals surface area contributed by atoms with E-state index in [2.05, 4.69) is 15.4 Å². The molecule has 0 bridgehead atoms. The second-order valence-electron chi connectivity index (χ2n) is 6.32. The van der Waals surface area contributed by atoms with Crippen molar-refractivity contribution in [2.45, 2.75) is 6.92 Å². The van der Waals surface area contributed by atoms with E-state index >= 15 is 0 Å². The second kappa shape index (κ2) is 7.33. The summed E-state index contributed by atoms with van der Waals surface area (Å²) in [5.41, 5.74) is 1.25. The van der Waals surface area contributed by atoms with Gasteiger partial charge in [0.05, 0.1) is 16.1 Å². The van der Waals surface area contributed by atoms with Crippen LogP contribution in [0.1, 0.15) is 16.1 Å². The molecule has 2 aromatic carbocycles. The number of fused-ring (bicyclic) bond motifs is 1. The number of amides is 1. The van der Waals surface area contributed by atoms with Crippen LogP contribution >= 0.6 is 11.6 Å². The van der Waals surface area contributed by atoms with E-state index in [0.29, 0.717) is 17.3 Å². The largest absolute Gasteiger partial charge is 0.306 e. The van der Waals surface area contributed by atoms with Crippen molar-refractivity contribution in [3.63, 3.8) is 0 Å². The van der Waals surface area contributed by atoms with Gasteiger partial charge in [-0.3, -0.25) is 14.9 Å². The molecule has 0 unspecified atom stereocenters. The normalized spacial score (nSPS) is 10.8. The van der Waals surface area contributed by atoms with Crippen LogP contribution in [0.25, 0.3) is 16.7 Å². The highest BCUT2D eigenvalue weighted by Crippen LogP contribution is 2.26. The first-order chi connectivity index (χ1) is 13.9. The Balaban J connectivity index is 1.69. The Morgan fingerprint density at radius 1 is 1.14 bits per heavy atom. The topological polar surface area (TPSA) is 103 Å². The fraction of sp³-hybridized carbons (Fsp3) is 0.0500. The highest BCUT2D eigenvalue weighted by atomic mass is 35.5. The van der Waals surface area contributed by atoms with Crippen LogP contribution in [0.5, 0.6) is 0 Å². The molecule has 1 N–H and O–H groups in total. The number of benzene rings is 2. The monoisotopic (exact) mass is 407 g/mol. The Morgan fingerprint density at radius 3 is 2.72 bits per heavy atom. The van der Waals surface area contributed by atoms with Crippen LogP contribution in [0, 0.1) is 17.0 Å². The minimum atomic E-state index is -0.632. The molecule has 2 heterocycles. The van der Waals surface area contributed by atoms with Crippen molar-refractivity contribution in [2.75, 3.05) is 5.32 Å². The molecule has 0 aliphatic carbocycles. The molecule has 0 aliphatic rings. The molecule has 4 rings (SSSR count). The summed E-state index contributed by atoms with van der Waals surface area (Å²) in [4.78, 5) is 27.7. The maximum Gasteiger partial charge on any atom is 0.288 e. The third kappa shape index (κ3) is 3.65. The molecule has 1 amide bonds. The van der Waals surface area contributed by atoms with Crippen molar-refractivity contribution in [3.05, 3.63) is 87.1 Å². The number of hydrogen-bond acceptors (Lipinski definition) is 5. The number of para-hydroxylation sites is 1. The Bertz CT molecular complexity index is 1270. The van der Waals surface area contributed by atoms with E-state index < -0.39 is 10.8 Å². The summed E-state index contributed by atoms with van der Waals surface area (Å²) in [6, 6.07) is 17.0. The number of nitro benzene ring substituents is 1. The van der Waals surface area contributed by atoms with Gasteiger partial charge in [-0.05, 0) is 37.3 Å². The molecule has 9 heteroatoms. The molecule has 8 nitrogen and oxygen atoms in total. The van der Waals surface area contributed by atoms with Gasteiger partial charge in [0.25, 0.3) is 11.6 Å². The SMILES string of the molecule is Cc1cc(NC(=O)c2ccc(Cl)c([N+](=O)[O-])c2)n(-c2ccc3ccccc3n2)n1. The van der Waals surface area contributed by atoms with Gasteiger partial charge in [-0.25, -0.2) is 4.98 Å². The first-order valence-corrected chi connectivity index (χ1v) is 8.98. The maximum atomic E-state index is 12.7. The summed E-state index contributed by atoms with van der Waals surface area (Å²) in [5.74, 6) is 0.411. The summed E-state index contributed by atoms with van der Waals surface area (Å²) in [7, 11) is 0. The summed E-state index contributed by atoms with van der Waals surface area (Å²) < 4.78 is 1.52. The fourth-order valence-corrected chi connectivity index (χ4v) is 3.11. The standard InChI is InChI=1S/C20H14ClN5O3/c1-12-10-19(23-20(27)14-6-8-15(21)17(11-14)26(28)29)25(24-12)18-9-7-13-4-2-3-5-16(13)22-18/h2-11H,1H3,(H,23,27). The van der Waals surface area contributed by atoms with Crippen molar-refractivity contribution in [2.24, 2.45) is 0 Å². The number of carbonyl (C=O) groups excluding carboxylic acids is 1. The van der Waals surface area contributed by atoms with E-state index in [0.717, 1.165) is 17.0 Å². The Hall–Kier alpha value is -3.78. The predicted octanol–water partition coefficient (Wildman–Crippen LogP) is 4.54. The third-order valence-electron chi connectivity index (χ3n) is 4.28. The van der Waals surface area contributed by atoms with Gasteiger partial charge < -0.3 is 5.32 Å². The number of nitro groups is 1. The lowest BCUT2D eigenvalue weighted by Gasteiger charge is -2.09. The molecule has 144 valence electrons.